The van der Waals surface area contributed by atoms with Crippen LogP contribution < -0.4 is 11.1 Å². The van der Waals surface area contributed by atoms with E-state index in [1.807, 2.05) is 18.2 Å². The first-order valence-corrected chi connectivity index (χ1v) is 7.51. The van der Waals surface area contributed by atoms with E-state index in [9.17, 15) is 0 Å². The van der Waals surface area contributed by atoms with Gasteiger partial charge >= 0.3 is 0 Å². The molecule has 0 aliphatic carbocycles. The highest BCUT2D eigenvalue weighted by Gasteiger charge is 2.05. The molecule has 96 valence electrons. The molecule has 0 atom stereocenters. The van der Waals surface area contributed by atoms with Gasteiger partial charge in [-0.1, -0.05) is 0 Å². The van der Waals surface area contributed by atoms with E-state index >= 15 is 0 Å². The molecule has 0 fully saturated rings. The van der Waals surface area contributed by atoms with E-state index in [0.29, 0.717) is 0 Å². The number of nitrogens with one attached hydrogen (secondary N) is 1. The van der Waals surface area contributed by atoms with Crippen LogP contribution in [0.3, 0.4) is 0 Å². The number of anilines is 2. The Kier molecular flexibility index (Phi) is 3.40. The monoisotopic (exact) mass is 333 g/mol. The van der Waals surface area contributed by atoms with Crippen molar-refractivity contribution in [3.8, 4) is 0 Å². The Hall–Kier alpha value is -1.59. The summed E-state index contributed by atoms with van der Waals surface area (Å²) in [6.07, 6.45) is 3.59. The zero-order valence-electron chi connectivity index (χ0n) is 10.1. The Morgan fingerprint density at radius 2 is 2.11 bits per heavy atom. The minimum absolute atomic E-state index is 0.756. The van der Waals surface area contributed by atoms with E-state index in [1.54, 1.807) is 23.7 Å². The molecule has 0 bridgehead atoms. The first-order chi connectivity index (χ1) is 9.25. The van der Waals surface area contributed by atoms with Crippen molar-refractivity contribution in [2.45, 2.75) is 6.54 Å². The summed E-state index contributed by atoms with van der Waals surface area (Å²) in [5.41, 5.74) is 7.80. The number of hydrogen-bond acceptors (Lipinski definition) is 4. The predicted molar refractivity (Wildman–Crippen MR) is 85.5 cm³/mol. The number of fused-ring (bicyclic) bond motifs is 1. The van der Waals surface area contributed by atoms with Crippen LogP contribution in [-0.4, -0.2) is 4.98 Å². The Labute approximate surface area is 123 Å². The summed E-state index contributed by atoms with van der Waals surface area (Å²) in [7, 11) is 0. The number of nitrogens with zero attached hydrogens (tertiary/aromatic N) is 1. The van der Waals surface area contributed by atoms with Gasteiger partial charge in [0, 0.05) is 43.9 Å². The zero-order valence-corrected chi connectivity index (χ0v) is 12.5. The maximum absolute atomic E-state index is 5.97. The number of rotatable bonds is 3. The van der Waals surface area contributed by atoms with Crippen molar-refractivity contribution in [3.63, 3.8) is 0 Å². The van der Waals surface area contributed by atoms with Gasteiger partial charge in [-0.25, -0.2) is 0 Å². The highest BCUT2D eigenvalue weighted by atomic mass is 79.9. The van der Waals surface area contributed by atoms with Crippen LogP contribution in [-0.2, 0) is 6.54 Å². The zero-order chi connectivity index (χ0) is 13.2. The molecule has 3 rings (SSSR count). The average molecular weight is 334 g/mol. The number of nitrogens with two attached hydrogens (primary N) is 1. The number of pyridine rings is 1. The lowest BCUT2D eigenvalue weighted by atomic mass is 10.1. The Balaban J connectivity index is 1.93. The van der Waals surface area contributed by atoms with Gasteiger partial charge in [-0.3, -0.25) is 4.98 Å². The van der Waals surface area contributed by atoms with E-state index in [-0.39, 0.29) is 0 Å². The Morgan fingerprint density at radius 1 is 1.21 bits per heavy atom. The van der Waals surface area contributed by atoms with Crippen molar-refractivity contribution in [1.82, 2.24) is 4.98 Å². The smallest absolute Gasteiger partial charge is 0.0505 e. The molecule has 1 aromatic carbocycles. The fourth-order valence-electron chi connectivity index (χ4n) is 1.99. The van der Waals surface area contributed by atoms with E-state index in [1.165, 1.54) is 4.88 Å². The third-order valence-electron chi connectivity index (χ3n) is 2.98. The van der Waals surface area contributed by atoms with Crippen molar-refractivity contribution in [1.29, 1.82) is 0 Å². The predicted octanol–water partition coefficient (Wildman–Crippen LogP) is 4.25. The molecule has 3 nitrogen and oxygen atoms in total. The van der Waals surface area contributed by atoms with E-state index in [4.69, 9.17) is 5.73 Å². The minimum Gasteiger partial charge on any atom is -0.398 e. The number of aromatic nitrogens is 1. The second-order valence-corrected chi connectivity index (χ2v) is 6.02. The molecule has 0 spiro atoms. The van der Waals surface area contributed by atoms with Gasteiger partial charge in [0.2, 0.25) is 0 Å². The van der Waals surface area contributed by atoms with Crippen LogP contribution in [0.15, 0.2) is 46.5 Å². The summed E-state index contributed by atoms with van der Waals surface area (Å²) in [5, 5.41) is 7.61. The summed E-state index contributed by atoms with van der Waals surface area (Å²) >= 11 is 5.27. The van der Waals surface area contributed by atoms with Crippen LogP contribution in [0.1, 0.15) is 4.88 Å². The summed E-state index contributed by atoms with van der Waals surface area (Å²) in [6, 6.07) is 7.97. The van der Waals surface area contributed by atoms with Crippen molar-refractivity contribution in [2.24, 2.45) is 0 Å². The minimum atomic E-state index is 0.756. The molecule has 0 unspecified atom stereocenters. The first-order valence-electron chi connectivity index (χ1n) is 5.83. The molecule has 2 heterocycles. The van der Waals surface area contributed by atoms with Crippen LogP contribution in [0, 0.1) is 0 Å². The number of nitrogen functional groups attached to an aromatic ring is 1. The quantitative estimate of drug-likeness (QED) is 0.704. The van der Waals surface area contributed by atoms with E-state index in [0.717, 1.165) is 33.2 Å². The number of benzene rings is 1. The topological polar surface area (TPSA) is 50.9 Å². The molecule has 19 heavy (non-hydrogen) atoms. The fraction of sp³-hybridized carbons (Fsp3) is 0.0714. The van der Waals surface area contributed by atoms with Crippen LogP contribution in [0.5, 0.6) is 0 Å². The molecule has 5 heteroatoms. The second-order valence-electron chi connectivity index (χ2n) is 4.17. The van der Waals surface area contributed by atoms with Gasteiger partial charge in [-0.15, -0.1) is 11.3 Å². The lowest BCUT2D eigenvalue weighted by Crippen LogP contribution is -2.00. The lowest BCUT2D eigenvalue weighted by molar-refractivity contribution is 1.19. The van der Waals surface area contributed by atoms with Crippen molar-refractivity contribution >= 4 is 49.4 Å². The molecule has 3 N–H and O–H groups in total. The van der Waals surface area contributed by atoms with Crippen LogP contribution in [0.2, 0.25) is 0 Å². The molecule has 0 saturated carbocycles. The molecule has 0 saturated heterocycles. The highest BCUT2D eigenvalue weighted by Crippen LogP contribution is 2.29. The van der Waals surface area contributed by atoms with Crippen LogP contribution in [0.4, 0.5) is 11.4 Å². The van der Waals surface area contributed by atoms with Gasteiger partial charge in [0.25, 0.3) is 0 Å². The summed E-state index contributed by atoms with van der Waals surface area (Å²) in [5.74, 6) is 0. The summed E-state index contributed by atoms with van der Waals surface area (Å²) in [4.78, 5) is 5.40. The third-order valence-corrected chi connectivity index (χ3v) is 4.91. The van der Waals surface area contributed by atoms with E-state index < -0.39 is 0 Å². The third kappa shape index (κ3) is 2.43. The maximum Gasteiger partial charge on any atom is 0.0505 e. The van der Waals surface area contributed by atoms with Crippen molar-refractivity contribution < 1.29 is 0 Å². The molecule has 0 amide bonds. The van der Waals surface area contributed by atoms with Gasteiger partial charge in [0.05, 0.1) is 6.54 Å². The molecule has 0 aliphatic rings. The SMILES string of the molecule is Nc1ccc(NCc2sccc2Br)c2ccncc12. The Bertz CT molecular complexity index is 724. The van der Waals surface area contributed by atoms with Crippen LogP contribution >= 0.6 is 27.3 Å². The van der Waals surface area contributed by atoms with Gasteiger partial charge in [-0.05, 0) is 45.6 Å². The summed E-state index contributed by atoms with van der Waals surface area (Å²) < 4.78 is 1.14. The number of thiophene rings is 1. The van der Waals surface area contributed by atoms with Gasteiger partial charge in [0.1, 0.15) is 0 Å². The molecular formula is C14H12BrN3S. The molecule has 3 aromatic rings. The number of halogens is 1. The highest BCUT2D eigenvalue weighted by molar-refractivity contribution is 9.10. The number of hydrogen-bond donors (Lipinski definition) is 2. The molecule has 0 aliphatic heterocycles. The molecule has 2 aromatic heterocycles. The standard InChI is InChI=1S/C14H12BrN3S/c15-11-4-6-19-14(11)8-18-13-2-1-12(16)10-7-17-5-3-9(10)13/h1-7,18H,8,16H2. The largest absolute Gasteiger partial charge is 0.398 e. The summed E-state index contributed by atoms with van der Waals surface area (Å²) in [6.45, 7) is 0.791. The molecule has 0 radical (unpaired) electrons. The average Bonchev–Trinajstić information content (AvgIpc) is 2.84. The van der Waals surface area contributed by atoms with E-state index in [2.05, 4.69) is 37.7 Å². The van der Waals surface area contributed by atoms with Crippen LogP contribution in [0.25, 0.3) is 10.8 Å². The van der Waals surface area contributed by atoms with Gasteiger partial charge < -0.3 is 11.1 Å². The first kappa shape index (κ1) is 12.4. The fourth-order valence-corrected chi connectivity index (χ4v) is 3.43. The maximum atomic E-state index is 5.97. The lowest BCUT2D eigenvalue weighted by Gasteiger charge is -2.10. The molecular weight excluding hydrogens is 322 g/mol. The van der Waals surface area contributed by atoms with Crippen molar-refractivity contribution in [2.75, 3.05) is 11.1 Å². The second kappa shape index (κ2) is 5.19. The van der Waals surface area contributed by atoms with Crippen molar-refractivity contribution in [3.05, 3.63) is 51.4 Å². The Morgan fingerprint density at radius 3 is 2.89 bits per heavy atom. The van der Waals surface area contributed by atoms with Gasteiger partial charge in [-0.2, -0.15) is 0 Å². The normalized spacial score (nSPS) is 10.8. The van der Waals surface area contributed by atoms with Gasteiger partial charge in [0.15, 0.2) is 0 Å².